The van der Waals surface area contributed by atoms with Gasteiger partial charge in [0.2, 0.25) is 0 Å². The largest absolute Gasteiger partial charge is 0.383 e. The third kappa shape index (κ3) is 3.96. The number of likely N-dealkylation sites (N-methyl/N-ethyl adjacent to an activating group) is 1. The van der Waals surface area contributed by atoms with Crippen molar-refractivity contribution in [2.24, 2.45) is 0 Å². The fourth-order valence-corrected chi connectivity index (χ4v) is 1.50. The van der Waals surface area contributed by atoms with Crippen molar-refractivity contribution in [1.82, 2.24) is 14.9 Å². The van der Waals surface area contributed by atoms with Gasteiger partial charge in [0, 0.05) is 26.7 Å². The van der Waals surface area contributed by atoms with Crippen molar-refractivity contribution in [3.8, 4) is 0 Å². The van der Waals surface area contributed by atoms with Gasteiger partial charge in [-0.15, -0.1) is 0 Å². The Morgan fingerprint density at radius 1 is 1.44 bits per heavy atom. The standard InChI is InChI=1S/C12H20N4O2/c1-4-14-11-9-13-8-10(15-11)12(17)16(5-2)6-7-18-3/h8-9H,4-7H2,1-3H3,(H,14,15). The smallest absolute Gasteiger partial charge is 0.274 e. The molecule has 0 bridgehead atoms. The molecule has 0 aromatic carbocycles. The van der Waals surface area contributed by atoms with Crippen molar-refractivity contribution in [3.63, 3.8) is 0 Å². The van der Waals surface area contributed by atoms with Gasteiger partial charge in [-0.1, -0.05) is 0 Å². The monoisotopic (exact) mass is 252 g/mol. The van der Waals surface area contributed by atoms with Crippen LogP contribution in [0.1, 0.15) is 24.3 Å². The molecule has 100 valence electrons. The highest BCUT2D eigenvalue weighted by molar-refractivity contribution is 5.92. The zero-order valence-electron chi connectivity index (χ0n) is 11.1. The lowest BCUT2D eigenvalue weighted by molar-refractivity contribution is 0.0700. The Morgan fingerprint density at radius 3 is 2.83 bits per heavy atom. The predicted octanol–water partition coefficient (Wildman–Crippen LogP) is 1.02. The molecule has 0 aliphatic heterocycles. The van der Waals surface area contributed by atoms with Gasteiger partial charge in [0.1, 0.15) is 11.5 Å². The molecule has 0 radical (unpaired) electrons. The van der Waals surface area contributed by atoms with Crippen molar-refractivity contribution >= 4 is 11.7 Å². The topological polar surface area (TPSA) is 67.4 Å². The highest BCUT2D eigenvalue weighted by Gasteiger charge is 2.15. The van der Waals surface area contributed by atoms with Crippen molar-refractivity contribution < 1.29 is 9.53 Å². The van der Waals surface area contributed by atoms with Crippen LogP contribution in [0.25, 0.3) is 0 Å². The second kappa shape index (κ2) is 7.60. The van der Waals surface area contributed by atoms with Gasteiger partial charge in [-0.2, -0.15) is 0 Å². The van der Waals surface area contributed by atoms with E-state index < -0.39 is 0 Å². The zero-order chi connectivity index (χ0) is 13.4. The molecule has 1 rings (SSSR count). The van der Waals surface area contributed by atoms with Crippen LogP contribution in [0.3, 0.4) is 0 Å². The number of nitrogens with zero attached hydrogens (tertiary/aromatic N) is 3. The maximum absolute atomic E-state index is 12.2. The lowest BCUT2D eigenvalue weighted by atomic mass is 10.3. The number of carbonyl (C=O) groups excluding carboxylic acids is 1. The number of ether oxygens (including phenoxy) is 1. The molecule has 1 N–H and O–H groups in total. The van der Waals surface area contributed by atoms with E-state index in [0.717, 1.165) is 6.54 Å². The fourth-order valence-electron chi connectivity index (χ4n) is 1.50. The Bertz CT molecular complexity index is 384. The van der Waals surface area contributed by atoms with E-state index in [0.29, 0.717) is 31.2 Å². The third-order valence-electron chi connectivity index (χ3n) is 2.45. The molecule has 1 aromatic rings. The van der Waals surface area contributed by atoms with Crippen LogP contribution >= 0.6 is 0 Å². The summed E-state index contributed by atoms with van der Waals surface area (Å²) in [5.74, 6) is 0.493. The van der Waals surface area contributed by atoms with Gasteiger partial charge in [0.25, 0.3) is 5.91 Å². The second-order valence-corrected chi connectivity index (χ2v) is 3.70. The van der Waals surface area contributed by atoms with E-state index in [2.05, 4.69) is 15.3 Å². The van der Waals surface area contributed by atoms with Crippen molar-refractivity contribution in [2.75, 3.05) is 38.7 Å². The van der Waals surface area contributed by atoms with Crippen LogP contribution in [0.15, 0.2) is 12.4 Å². The first-order chi connectivity index (χ1) is 8.72. The number of amides is 1. The first-order valence-electron chi connectivity index (χ1n) is 6.07. The van der Waals surface area contributed by atoms with Crippen molar-refractivity contribution in [2.45, 2.75) is 13.8 Å². The Balaban J connectivity index is 2.77. The minimum absolute atomic E-state index is 0.123. The van der Waals surface area contributed by atoms with Crippen molar-refractivity contribution in [1.29, 1.82) is 0 Å². The van der Waals surface area contributed by atoms with E-state index in [4.69, 9.17) is 4.74 Å². The zero-order valence-corrected chi connectivity index (χ0v) is 11.1. The summed E-state index contributed by atoms with van der Waals surface area (Å²) in [5, 5.41) is 3.03. The molecule has 0 atom stereocenters. The van der Waals surface area contributed by atoms with Gasteiger partial charge >= 0.3 is 0 Å². The van der Waals surface area contributed by atoms with Gasteiger partial charge in [-0.05, 0) is 13.8 Å². The summed E-state index contributed by atoms with van der Waals surface area (Å²) in [6.45, 7) is 6.32. The van der Waals surface area contributed by atoms with Crippen LogP contribution in [0.5, 0.6) is 0 Å². The highest BCUT2D eigenvalue weighted by Crippen LogP contribution is 2.05. The molecule has 6 heteroatoms. The first kappa shape index (κ1) is 14.4. The quantitative estimate of drug-likeness (QED) is 0.784. The van der Waals surface area contributed by atoms with Gasteiger partial charge in [0.15, 0.2) is 0 Å². The van der Waals surface area contributed by atoms with Crippen LogP contribution < -0.4 is 5.32 Å². The normalized spacial score (nSPS) is 10.2. The summed E-state index contributed by atoms with van der Waals surface area (Å²) in [6.07, 6.45) is 3.09. The van der Waals surface area contributed by atoms with Crippen LogP contribution in [0, 0.1) is 0 Å². The molecule has 18 heavy (non-hydrogen) atoms. The fraction of sp³-hybridized carbons (Fsp3) is 0.583. The number of anilines is 1. The molecule has 1 aromatic heterocycles. The number of hydrogen-bond acceptors (Lipinski definition) is 5. The molecular formula is C12H20N4O2. The summed E-state index contributed by atoms with van der Waals surface area (Å²) in [6, 6.07) is 0. The molecule has 0 spiro atoms. The number of aromatic nitrogens is 2. The number of nitrogens with one attached hydrogen (secondary N) is 1. The third-order valence-corrected chi connectivity index (χ3v) is 2.45. The summed E-state index contributed by atoms with van der Waals surface area (Å²) < 4.78 is 4.98. The lowest BCUT2D eigenvalue weighted by Gasteiger charge is -2.19. The minimum atomic E-state index is -0.123. The van der Waals surface area contributed by atoms with Crippen LogP contribution in [-0.2, 0) is 4.74 Å². The van der Waals surface area contributed by atoms with E-state index >= 15 is 0 Å². The summed E-state index contributed by atoms with van der Waals surface area (Å²) in [5.41, 5.74) is 0.353. The van der Waals surface area contributed by atoms with Gasteiger partial charge in [-0.3, -0.25) is 9.78 Å². The van der Waals surface area contributed by atoms with Crippen LogP contribution in [-0.4, -0.2) is 54.1 Å². The molecule has 0 aliphatic carbocycles. The Hall–Kier alpha value is -1.69. The van der Waals surface area contributed by atoms with E-state index in [1.807, 2.05) is 13.8 Å². The number of hydrogen-bond donors (Lipinski definition) is 1. The van der Waals surface area contributed by atoms with Gasteiger partial charge in [0.05, 0.1) is 19.0 Å². The number of rotatable bonds is 7. The van der Waals surface area contributed by atoms with E-state index in [1.165, 1.54) is 6.20 Å². The summed E-state index contributed by atoms with van der Waals surface area (Å²) >= 11 is 0. The minimum Gasteiger partial charge on any atom is -0.383 e. The number of methoxy groups -OCH3 is 1. The Labute approximate surface area is 107 Å². The van der Waals surface area contributed by atoms with E-state index in [9.17, 15) is 4.79 Å². The lowest BCUT2D eigenvalue weighted by Crippen LogP contribution is -2.34. The summed E-state index contributed by atoms with van der Waals surface area (Å²) in [4.78, 5) is 22.1. The maximum atomic E-state index is 12.2. The Kier molecular flexibility index (Phi) is 6.07. The average Bonchev–Trinajstić information content (AvgIpc) is 2.40. The molecule has 6 nitrogen and oxygen atoms in total. The van der Waals surface area contributed by atoms with Crippen LogP contribution in [0.4, 0.5) is 5.82 Å². The molecule has 0 aliphatic rings. The second-order valence-electron chi connectivity index (χ2n) is 3.70. The van der Waals surface area contributed by atoms with E-state index in [-0.39, 0.29) is 5.91 Å². The predicted molar refractivity (Wildman–Crippen MR) is 69.6 cm³/mol. The molecule has 0 fully saturated rings. The van der Waals surface area contributed by atoms with Crippen LogP contribution in [0.2, 0.25) is 0 Å². The SMILES string of the molecule is CCNc1cncc(C(=O)N(CC)CCOC)n1. The van der Waals surface area contributed by atoms with Gasteiger partial charge in [-0.25, -0.2) is 4.98 Å². The molecule has 1 heterocycles. The molecular weight excluding hydrogens is 232 g/mol. The van der Waals surface area contributed by atoms with Crippen molar-refractivity contribution in [3.05, 3.63) is 18.1 Å². The molecule has 0 saturated heterocycles. The van der Waals surface area contributed by atoms with Gasteiger partial charge < -0.3 is 15.0 Å². The molecule has 1 amide bonds. The molecule has 0 saturated carbocycles. The maximum Gasteiger partial charge on any atom is 0.274 e. The summed E-state index contributed by atoms with van der Waals surface area (Å²) in [7, 11) is 1.61. The first-order valence-corrected chi connectivity index (χ1v) is 6.07. The molecule has 0 unspecified atom stereocenters. The average molecular weight is 252 g/mol. The Morgan fingerprint density at radius 2 is 2.22 bits per heavy atom. The highest BCUT2D eigenvalue weighted by atomic mass is 16.5. The van der Waals surface area contributed by atoms with E-state index in [1.54, 1.807) is 18.2 Å². The number of carbonyl (C=O) groups is 1.